The average Bonchev–Trinajstić information content (AvgIpc) is 2.73. The zero-order valence-corrected chi connectivity index (χ0v) is 15.8. The highest BCUT2D eigenvalue weighted by Crippen LogP contribution is 2.33. The Morgan fingerprint density at radius 3 is 2.70 bits per heavy atom. The van der Waals surface area contributed by atoms with Crippen LogP contribution in [0, 0.1) is 6.92 Å². The van der Waals surface area contributed by atoms with E-state index in [-0.39, 0.29) is 0 Å². The third kappa shape index (κ3) is 3.02. The van der Waals surface area contributed by atoms with Gasteiger partial charge in [-0.3, -0.25) is 0 Å². The molecule has 0 unspecified atom stereocenters. The first-order chi connectivity index (χ1) is 13.3. The lowest BCUT2D eigenvalue weighted by Crippen LogP contribution is -2.45. The highest BCUT2D eigenvalue weighted by Gasteiger charge is 2.25. The highest BCUT2D eigenvalue weighted by molar-refractivity contribution is 5.95. The van der Waals surface area contributed by atoms with Crippen molar-refractivity contribution in [1.82, 2.24) is 15.3 Å². The molecule has 0 bridgehead atoms. The lowest BCUT2D eigenvalue weighted by atomic mass is 10.0. The van der Waals surface area contributed by atoms with Crippen LogP contribution in [0.4, 0.5) is 11.5 Å². The van der Waals surface area contributed by atoms with Crippen molar-refractivity contribution in [3.63, 3.8) is 0 Å². The van der Waals surface area contributed by atoms with E-state index in [2.05, 4.69) is 68.4 Å². The summed E-state index contributed by atoms with van der Waals surface area (Å²) in [6.45, 7) is 8.14. The molecule has 1 fully saturated rings. The van der Waals surface area contributed by atoms with Crippen molar-refractivity contribution in [2.24, 2.45) is 0 Å². The van der Waals surface area contributed by atoms with E-state index in [0.29, 0.717) is 0 Å². The fourth-order valence-electron chi connectivity index (χ4n) is 4.39. The van der Waals surface area contributed by atoms with Crippen LogP contribution >= 0.6 is 0 Å². The van der Waals surface area contributed by atoms with Crippen LogP contribution in [-0.4, -0.2) is 42.7 Å². The molecule has 0 amide bonds. The predicted octanol–water partition coefficient (Wildman–Crippen LogP) is 2.91. The van der Waals surface area contributed by atoms with E-state index in [0.717, 1.165) is 51.5 Å². The van der Waals surface area contributed by atoms with Gasteiger partial charge in [-0.2, -0.15) is 0 Å². The fourth-order valence-corrected chi connectivity index (χ4v) is 4.39. The Hall–Kier alpha value is -2.66. The summed E-state index contributed by atoms with van der Waals surface area (Å²) in [5.41, 5.74) is 5.14. The molecule has 1 aromatic heterocycles. The predicted molar refractivity (Wildman–Crippen MR) is 111 cm³/mol. The van der Waals surface area contributed by atoms with Crippen molar-refractivity contribution >= 4 is 22.3 Å². The van der Waals surface area contributed by atoms with Gasteiger partial charge in [-0.1, -0.05) is 30.3 Å². The molecule has 2 aliphatic rings. The number of rotatable bonds is 2. The second-order valence-corrected chi connectivity index (χ2v) is 7.54. The summed E-state index contributed by atoms with van der Waals surface area (Å²) in [6, 6.07) is 13.3. The van der Waals surface area contributed by atoms with Crippen molar-refractivity contribution in [2.75, 3.05) is 42.5 Å². The standard InChI is InChI=1S/C22H25N5/c1-16-12-17-4-2-3-5-18(17)21(13-16)27-9-6-19-20(14-27)24-15-25-22(19)26-10-7-23-8-11-26/h2-5,12-13,15,23H,6-11,14H2,1H3. The summed E-state index contributed by atoms with van der Waals surface area (Å²) >= 11 is 0. The second-order valence-electron chi connectivity index (χ2n) is 7.54. The first-order valence-electron chi connectivity index (χ1n) is 9.82. The number of fused-ring (bicyclic) bond motifs is 2. The van der Waals surface area contributed by atoms with Gasteiger partial charge in [0.15, 0.2) is 0 Å². The zero-order valence-electron chi connectivity index (χ0n) is 15.8. The van der Waals surface area contributed by atoms with Gasteiger partial charge in [0.1, 0.15) is 12.1 Å². The summed E-state index contributed by atoms with van der Waals surface area (Å²) < 4.78 is 0. The number of anilines is 2. The van der Waals surface area contributed by atoms with Crippen molar-refractivity contribution in [2.45, 2.75) is 19.9 Å². The van der Waals surface area contributed by atoms with Crippen LogP contribution in [0.5, 0.6) is 0 Å². The molecule has 0 saturated carbocycles. The molecule has 27 heavy (non-hydrogen) atoms. The number of aromatic nitrogens is 2. The van der Waals surface area contributed by atoms with Crippen molar-refractivity contribution in [3.05, 3.63) is 59.5 Å². The molecule has 2 aliphatic heterocycles. The Morgan fingerprint density at radius 2 is 1.81 bits per heavy atom. The minimum atomic E-state index is 0.852. The molecule has 0 radical (unpaired) electrons. The Kier molecular flexibility index (Phi) is 4.17. The first kappa shape index (κ1) is 16.5. The maximum atomic E-state index is 4.66. The molecule has 1 N–H and O–H groups in total. The summed E-state index contributed by atoms with van der Waals surface area (Å²) in [4.78, 5) is 14.2. The quantitative estimate of drug-likeness (QED) is 0.762. The Bertz CT molecular complexity index is 978. The molecule has 5 heteroatoms. The van der Waals surface area contributed by atoms with Crippen molar-refractivity contribution in [1.29, 1.82) is 0 Å². The molecular formula is C22H25N5. The van der Waals surface area contributed by atoms with E-state index in [1.54, 1.807) is 6.33 Å². The molecule has 3 heterocycles. The van der Waals surface area contributed by atoms with Gasteiger partial charge in [-0.25, -0.2) is 9.97 Å². The van der Waals surface area contributed by atoms with E-state index >= 15 is 0 Å². The zero-order chi connectivity index (χ0) is 18.2. The number of benzene rings is 2. The molecule has 0 atom stereocenters. The lowest BCUT2D eigenvalue weighted by molar-refractivity contribution is 0.579. The number of hydrogen-bond donors (Lipinski definition) is 1. The maximum absolute atomic E-state index is 4.66. The van der Waals surface area contributed by atoms with Gasteiger partial charge in [-0.05, 0) is 30.4 Å². The van der Waals surface area contributed by atoms with Crippen LogP contribution < -0.4 is 15.1 Å². The number of aryl methyl sites for hydroxylation is 1. The summed E-state index contributed by atoms with van der Waals surface area (Å²) in [5, 5.41) is 6.05. The molecule has 1 saturated heterocycles. The molecule has 0 aliphatic carbocycles. The van der Waals surface area contributed by atoms with Gasteiger partial charge >= 0.3 is 0 Å². The van der Waals surface area contributed by atoms with Gasteiger partial charge in [0.25, 0.3) is 0 Å². The van der Waals surface area contributed by atoms with Gasteiger partial charge in [0, 0.05) is 49.4 Å². The van der Waals surface area contributed by atoms with Gasteiger partial charge in [-0.15, -0.1) is 0 Å². The Labute approximate surface area is 160 Å². The average molecular weight is 359 g/mol. The third-order valence-electron chi connectivity index (χ3n) is 5.73. The van der Waals surface area contributed by atoms with Gasteiger partial charge < -0.3 is 15.1 Å². The van der Waals surface area contributed by atoms with Gasteiger partial charge in [0.2, 0.25) is 0 Å². The normalized spacial score (nSPS) is 17.2. The SMILES string of the molecule is Cc1cc(N2CCc3c(ncnc3N3CCNCC3)C2)c2ccccc2c1. The van der Waals surface area contributed by atoms with Crippen LogP contribution in [0.1, 0.15) is 16.8 Å². The Balaban J connectivity index is 1.50. The van der Waals surface area contributed by atoms with E-state index < -0.39 is 0 Å². The van der Waals surface area contributed by atoms with Crippen molar-refractivity contribution in [3.8, 4) is 0 Å². The summed E-state index contributed by atoms with van der Waals surface area (Å²) in [7, 11) is 0. The molecule has 5 rings (SSSR count). The summed E-state index contributed by atoms with van der Waals surface area (Å²) in [6.07, 6.45) is 2.74. The summed E-state index contributed by atoms with van der Waals surface area (Å²) in [5.74, 6) is 1.15. The van der Waals surface area contributed by atoms with E-state index in [1.807, 2.05) is 0 Å². The van der Waals surface area contributed by atoms with Crippen LogP contribution in [0.25, 0.3) is 10.8 Å². The van der Waals surface area contributed by atoms with Crippen LogP contribution in [-0.2, 0) is 13.0 Å². The smallest absolute Gasteiger partial charge is 0.135 e. The fraction of sp³-hybridized carbons (Fsp3) is 0.364. The molecule has 5 nitrogen and oxygen atoms in total. The van der Waals surface area contributed by atoms with Crippen LogP contribution in [0.3, 0.4) is 0 Å². The maximum Gasteiger partial charge on any atom is 0.135 e. The van der Waals surface area contributed by atoms with Crippen molar-refractivity contribution < 1.29 is 0 Å². The van der Waals surface area contributed by atoms with Crippen LogP contribution in [0.15, 0.2) is 42.7 Å². The molecule has 2 aromatic carbocycles. The Morgan fingerprint density at radius 1 is 0.963 bits per heavy atom. The third-order valence-corrected chi connectivity index (χ3v) is 5.73. The molecule has 3 aromatic rings. The minimum Gasteiger partial charge on any atom is -0.365 e. The first-order valence-corrected chi connectivity index (χ1v) is 9.82. The van der Waals surface area contributed by atoms with E-state index in [1.165, 1.54) is 33.3 Å². The highest BCUT2D eigenvalue weighted by atomic mass is 15.2. The number of nitrogens with one attached hydrogen (secondary N) is 1. The molecular weight excluding hydrogens is 334 g/mol. The topological polar surface area (TPSA) is 44.3 Å². The van der Waals surface area contributed by atoms with E-state index in [9.17, 15) is 0 Å². The number of hydrogen-bond acceptors (Lipinski definition) is 5. The van der Waals surface area contributed by atoms with Crippen LogP contribution in [0.2, 0.25) is 0 Å². The molecule has 0 spiro atoms. The second kappa shape index (κ2) is 6.82. The number of nitrogens with zero attached hydrogens (tertiary/aromatic N) is 4. The molecule has 138 valence electrons. The minimum absolute atomic E-state index is 0.852. The lowest BCUT2D eigenvalue weighted by Gasteiger charge is -2.35. The van der Waals surface area contributed by atoms with E-state index in [4.69, 9.17) is 0 Å². The van der Waals surface area contributed by atoms with Gasteiger partial charge in [0.05, 0.1) is 12.2 Å². The monoisotopic (exact) mass is 359 g/mol. The largest absolute Gasteiger partial charge is 0.365 e. The number of piperazine rings is 1.